The van der Waals surface area contributed by atoms with Crippen molar-refractivity contribution in [1.29, 1.82) is 0 Å². The Bertz CT molecular complexity index is 372. The lowest BCUT2D eigenvalue weighted by Crippen LogP contribution is -2.30. The van der Waals surface area contributed by atoms with Crippen LogP contribution in [0.5, 0.6) is 0 Å². The molecule has 106 valence electrons. The van der Waals surface area contributed by atoms with E-state index in [0.717, 1.165) is 24.8 Å². The van der Waals surface area contributed by atoms with Gasteiger partial charge in [0, 0.05) is 0 Å². The molecule has 1 heteroatoms. The Morgan fingerprint density at radius 3 is 2.79 bits per heavy atom. The van der Waals surface area contributed by atoms with E-state index in [0.29, 0.717) is 0 Å². The van der Waals surface area contributed by atoms with Gasteiger partial charge < -0.3 is 5.32 Å². The van der Waals surface area contributed by atoms with Crippen LogP contribution in [-0.2, 0) is 6.42 Å². The van der Waals surface area contributed by atoms with Crippen LogP contribution < -0.4 is 5.32 Å². The fourth-order valence-electron chi connectivity index (χ4n) is 3.40. The summed E-state index contributed by atoms with van der Waals surface area (Å²) < 4.78 is 0. The highest BCUT2D eigenvalue weighted by molar-refractivity contribution is 5.27. The molecule has 0 aromatic heterocycles. The Balaban J connectivity index is 2.05. The molecule has 1 aliphatic rings. The van der Waals surface area contributed by atoms with Gasteiger partial charge in [-0.2, -0.15) is 0 Å². The molecule has 2 atom stereocenters. The molecule has 1 aromatic carbocycles. The van der Waals surface area contributed by atoms with E-state index >= 15 is 0 Å². The molecule has 19 heavy (non-hydrogen) atoms. The average molecular weight is 259 g/mol. The first-order chi connectivity index (χ1) is 9.35. The Hall–Kier alpha value is -0.820. The molecule has 0 spiro atoms. The number of aryl methyl sites for hydroxylation is 1. The number of benzene rings is 1. The van der Waals surface area contributed by atoms with Crippen LogP contribution in [0.3, 0.4) is 0 Å². The van der Waals surface area contributed by atoms with E-state index in [2.05, 4.69) is 43.4 Å². The van der Waals surface area contributed by atoms with Crippen LogP contribution in [-0.4, -0.2) is 13.1 Å². The molecular weight excluding hydrogens is 230 g/mol. The lowest BCUT2D eigenvalue weighted by Gasteiger charge is -2.32. The summed E-state index contributed by atoms with van der Waals surface area (Å²) in [6, 6.07) is 9.31. The monoisotopic (exact) mass is 259 g/mol. The smallest absolute Gasteiger partial charge is 0.00147 e. The van der Waals surface area contributed by atoms with Crippen molar-refractivity contribution in [1.82, 2.24) is 5.32 Å². The van der Waals surface area contributed by atoms with E-state index in [1.54, 1.807) is 5.56 Å². The SMILES string of the molecule is CCCNCC1CCCCC1c1cccc(CC)c1. The molecule has 0 radical (unpaired) electrons. The summed E-state index contributed by atoms with van der Waals surface area (Å²) in [4.78, 5) is 0. The van der Waals surface area contributed by atoms with Gasteiger partial charge in [0.1, 0.15) is 0 Å². The highest BCUT2D eigenvalue weighted by atomic mass is 14.9. The maximum Gasteiger partial charge on any atom is -0.00147 e. The van der Waals surface area contributed by atoms with Crippen molar-refractivity contribution in [3.63, 3.8) is 0 Å². The van der Waals surface area contributed by atoms with Crippen LogP contribution in [0.15, 0.2) is 24.3 Å². The van der Waals surface area contributed by atoms with Crippen molar-refractivity contribution in [2.24, 2.45) is 5.92 Å². The fourth-order valence-corrected chi connectivity index (χ4v) is 3.40. The second kappa shape index (κ2) is 7.69. The minimum absolute atomic E-state index is 0.782. The normalized spacial score (nSPS) is 23.5. The van der Waals surface area contributed by atoms with Crippen molar-refractivity contribution in [2.45, 2.75) is 58.3 Å². The van der Waals surface area contributed by atoms with Crippen LogP contribution in [0.25, 0.3) is 0 Å². The van der Waals surface area contributed by atoms with Crippen molar-refractivity contribution in [3.8, 4) is 0 Å². The number of nitrogens with one attached hydrogen (secondary N) is 1. The molecule has 0 bridgehead atoms. The van der Waals surface area contributed by atoms with Gasteiger partial charge in [0.2, 0.25) is 0 Å². The molecule has 1 N–H and O–H groups in total. The first-order valence-corrected chi connectivity index (χ1v) is 8.14. The highest BCUT2D eigenvalue weighted by Crippen LogP contribution is 2.37. The molecule has 1 aliphatic carbocycles. The van der Waals surface area contributed by atoms with Gasteiger partial charge >= 0.3 is 0 Å². The first-order valence-electron chi connectivity index (χ1n) is 8.14. The molecule has 1 nitrogen and oxygen atoms in total. The Morgan fingerprint density at radius 1 is 1.16 bits per heavy atom. The third-order valence-electron chi connectivity index (χ3n) is 4.53. The molecule has 0 saturated heterocycles. The van der Waals surface area contributed by atoms with Crippen molar-refractivity contribution in [2.75, 3.05) is 13.1 Å². The van der Waals surface area contributed by atoms with Gasteiger partial charge in [0.05, 0.1) is 0 Å². The van der Waals surface area contributed by atoms with Crippen LogP contribution in [0.4, 0.5) is 0 Å². The molecule has 1 fully saturated rings. The molecule has 0 amide bonds. The predicted octanol–water partition coefficient (Wildman–Crippen LogP) is 4.52. The topological polar surface area (TPSA) is 12.0 Å². The van der Waals surface area contributed by atoms with Gasteiger partial charge in [-0.15, -0.1) is 0 Å². The highest BCUT2D eigenvalue weighted by Gasteiger charge is 2.26. The summed E-state index contributed by atoms with van der Waals surface area (Å²) in [5, 5.41) is 3.63. The van der Waals surface area contributed by atoms with Crippen molar-refractivity contribution >= 4 is 0 Å². The Kier molecular flexibility index (Phi) is 5.91. The third-order valence-corrected chi connectivity index (χ3v) is 4.53. The lowest BCUT2D eigenvalue weighted by molar-refractivity contribution is 0.296. The zero-order chi connectivity index (χ0) is 13.5. The molecule has 0 heterocycles. The van der Waals surface area contributed by atoms with E-state index in [4.69, 9.17) is 0 Å². The lowest BCUT2D eigenvalue weighted by atomic mass is 9.75. The first kappa shape index (κ1) is 14.6. The summed E-state index contributed by atoms with van der Waals surface area (Å²) in [5.74, 6) is 1.62. The number of rotatable bonds is 6. The minimum Gasteiger partial charge on any atom is -0.316 e. The molecule has 2 rings (SSSR count). The van der Waals surface area contributed by atoms with Gasteiger partial charge in [-0.05, 0) is 61.7 Å². The predicted molar refractivity (Wildman–Crippen MR) is 83.7 cm³/mol. The van der Waals surface area contributed by atoms with Gasteiger partial charge in [-0.1, -0.05) is 51.0 Å². The molecule has 1 saturated carbocycles. The third kappa shape index (κ3) is 4.07. The zero-order valence-corrected chi connectivity index (χ0v) is 12.6. The maximum atomic E-state index is 3.63. The summed E-state index contributed by atoms with van der Waals surface area (Å²) in [6.07, 6.45) is 8.00. The quantitative estimate of drug-likeness (QED) is 0.741. The van der Waals surface area contributed by atoms with E-state index < -0.39 is 0 Å². The molecule has 2 unspecified atom stereocenters. The van der Waals surface area contributed by atoms with E-state index in [1.807, 2.05) is 0 Å². The van der Waals surface area contributed by atoms with Crippen LogP contribution in [0, 0.1) is 5.92 Å². The van der Waals surface area contributed by atoms with E-state index in [-0.39, 0.29) is 0 Å². The van der Waals surface area contributed by atoms with Gasteiger partial charge in [0.25, 0.3) is 0 Å². The number of hydrogen-bond acceptors (Lipinski definition) is 1. The summed E-state index contributed by atoms with van der Waals surface area (Å²) in [5.41, 5.74) is 3.07. The Morgan fingerprint density at radius 2 is 2.00 bits per heavy atom. The molecule has 1 aromatic rings. The Labute approximate surface area is 118 Å². The second-order valence-electron chi connectivity index (χ2n) is 5.95. The van der Waals surface area contributed by atoms with Crippen LogP contribution in [0.1, 0.15) is 63.0 Å². The largest absolute Gasteiger partial charge is 0.316 e. The molecular formula is C18H29N. The van der Waals surface area contributed by atoms with Gasteiger partial charge in [-0.3, -0.25) is 0 Å². The summed E-state index contributed by atoms with van der Waals surface area (Å²) >= 11 is 0. The average Bonchev–Trinajstić information content (AvgIpc) is 2.48. The molecule has 0 aliphatic heterocycles. The van der Waals surface area contributed by atoms with E-state index in [1.165, 1.54) is 44.2 Å². The summed E-state index contributed by atoms with van der Waals surface area (Å²) in [6.45, 7) is 6.86. The second-order valence-corrected chi connectivity index (χ2v) is 5.95. The maximum absolute atomic E-state index is 3.63. The number of hydrogen-bond donors (Lipinski definition) is 1. The van der Waals surface area contributed by atoms with E-state index in [9.17, 15) is 0 Å². The van der Waals surface area contributed by atoms with Gasteiger partial charge in [-0.25, -0.2) is 0 Å². The van der Waals surface area contributed by atoms with Crippen molar-refractivity contribution < 1.29 is 0 Å². The fraction of sp³-hybridized carbons (Fsp3) is 0.667. The summed E-state index contributed by atoms with van der Waals surface area (Å²) in [7, 11) is 0. The van der Waals surface area contributed by atoms with Gasteiger partial charge in [0.15, 0.2) is 0 Å². The van der Waals surface area contributed by atoms with Crippen LogP contribution in [0.2, 0.25) is 0 Å². The zero-order valence-electron chi connectivity index (χ0n) is 12.6. The standard InChI is InChI=1S/C18H29N/c1-3-12-19-14-17-9-5-6-11-18(17)16-10-7-8-15(4-2)13-16/h7-8,10,13,17-19H,3-6,9,11-12,14H2,1-2H3. The van der Waals surface area contributed by atoms with Crippen molar-refractivity contribution in [3.05, 3.63) is 35.4 Å². The minimum atomic E-state index is 0.782. The van der Waals surface area contributed by atoms with Crippen LogP contribution >= 0.6 is 0 Å².